The average molecular weight is 592 g/mol. The van der Waals surface area contributed by atoms with Crippen LogP contribution in [0.3, 0.4) is 0 Å². The van der Waals surface area contributed by atoms with Crippen molar-refractivity contribution in [1.29, 1.82) is 0 Å². The van der Waals surface area contributed by atoms with E-state index in [9.17, 15) is 24.3 Å². The van der Waals surface area contributed by atoms with E-state index in [2.05, 4.69) is 43.5 Å². The fourth-order valence-corrected chi connectivity index (χ4v) is 4.78. The fraction of sp³-hybridized carbons (Fsp3) is 0.276. The van der Waals surface area contributed by atoms with Gasteiger partial charge in [0.15, 0.2) is 0 Å². The molecule has 2 heterocycles. The minimum absolute atomic E-state index is 0.0548. The lowest BCUT2D eigenvalue weighted by Gasteiger charge is -2.24. The summed E-state index contributed by atoms with van der Waals surface area (Å²) in [5, 5.41) is 18.5. The Hall–Kier alpha value is -4.62. The molecular weight excluding hydrogens is 558 g/mol. The lowest BCUT2D eigenvalue weighted by atomic mass is 10.0. The first-order valence-electron chi connectivity index (χ1n) is 13.3. The molecule has 2 aromatic carbocycles. The Labute approximate surface area is 247 Å². The van der Waals surface area contributed by atoms with Gasteiger partial charge in [0.25, 0.3) is 0 Å². The molecule has 8 N–H and O–H groups in total. The van der Waals surface area contributed by atoms with Crippen LogP contribution in [0, 0.1) is 0 Å². The van der Waals surface area contributed by atoms with E-state index in [-0.39, 0.29) is 25.0 Å². The van der Waals surface area contributed by atoms with Crippen molar-refractivity contribution in [2.75, 3.05) is 5.75 Å². The zero-order valence-electron chi connectivity index (χ0n) is 22.6. The highest BCUT2D eigenvalue weighted by atomic mass is 32.1. The Bertz CT molecular complexity index is 1510. The van der Waals surface area contributed by atoms with Crippen molar-refractivity contribution in [1.82, 2.24) is 30.9 Å². The van der Waals surface area contributed by atoms with Crippen molar-refractivity contribution < 1.29 is 24.3 Å². The highest BCUT2D eigenvalue weighted by Gasteiger charge is 2.31. The Kier molecular flexibility index (Phi) is 10.3. The molecule has 4 rings (SSSR count). The zero-order chi connectivity index (χ0) is 30.1. The van der Waals surface area contributed by atoms with Gasteiger partial charge in [-0.25, -0.2) is 9.78 Å². The van der Waals surface area contributed by atoms with Crippen LogP contribution in [0.15, 0.2) is 73.3 Å². The number of carboxylic acid groups (broad SMARTS) is 1. The maximum Gasteiger partial charge on any atom is 0.326 e. The molecule has 0 spiro atoms. The molecule has 42 heavy (non-hydrogen) atoms. The summed E-state index contributed by atoms with van der Waals surface area (Å²) in [4.78, 5) is 61.5. The van der Waals surface area contributed by atoms with Crippen molar-refractivity contribution in [3.8, 4) is 0 Å². The molecule has 4 aromatic rings. The normalized spacial score (nSPS) is 14.0. The van der Waals surface area contributed by atoms with Crippen LogP contribution in [0.25, 0.3) is 10.9 Å². The van der Waals surface area contributed by atoms with Gasteiger partial charge in [-0.05, 0) is 17.2 Å². The molecule has 2 aromatic heterocycles. The summed E-state index contributed by atoms with van der Waals surface area (Å²) in [7, 11) is 0. The maximum atomic E-state index is 13.5. The second kappa shape index (κ2) is 14.3. The number of carboxylic acids is 1. The number of aromatic nitrogens is 3. The van der Waals surface area contributed by atoms with E-state index in [1.54, 1.807) is 36.7 Å². The summed E-state index contributed by atoms with van der Waals surface area (Å²) >= 11 is 4.22. The van der Waals surface area contributed by atoms with Gasteiger partial charge in [-0.1, -0.05) is 48.5 Å². The predicted octanol–water partition coefficient (Wildman–Crippen LogP) is 0.715. The van der Waals surface area contributed by atoms with Gasteiger partial charge >= 0.3 is 5.97 Å². The van der Waals surface area contributed by atoms with E-state index in [1.165, 1.54) is 6.33 Å². The summed E-state index contributed by atoms with van der Waals surface area (Å²) < 4.78 is 0. The van der Waals surface area contributed by atoms with Gasteiger partial charge in [0.1, 0.15) is 18.1 Å². The molecule has 0 aliphatic carbocycles. The molecule has 4 atom stereocenters. The summed E-state index contributed by atoms with van der Waals surface area (Å²) in [5.74, 6) is -3.21. The van der Waals surface area contributed by atoms with Crippen LogP contribution in [0.4, 0.5) is 0 Å². The lowest BCUT2D eigenvalue weighted by molar-refractivity contribution is -0.142. The molecule has 0 aliphatic heterocycles. The number of hydrogen-bond donors (Lipinski definition) is 8. The number of carbonyl (C=O) groups is 4. The number of nitrogens with zero attached hydrogens (tertiary/aromatic N) is 1. The number of hydrogen-bond acceptors (Lipinski definition) is 7. The Balaban J connectivity index is 1.50. The van der Waals surface area contributed by atoms with Gasteiger partial charge in [0.2, 0.25) is 17.7 Å². The second-order valence-electron chi connectivity index (χ2n) is 9.85. The molecular formula is C29H33N7O5S. The van der Waals surface area contributed by atoms with E-state index < -0.39 is 47.9 Å². The third kappa shape index (κ3) is 7.98. The number of nitrogens with two attached hydrogens (primary N) is 1. The number of H-pyrrole nitrogens is 2. The van der Waals surface area contributed by atoms with E-state index in [0.717, 1.165) is 22.0 Å². The van der Waals surface area contributed by atoms with E-state index in [1.807, 2.05) is 30.3 Å². The minimum atomic E-state index is -1.23. The van der Waals surface area contributed by atoms with Crippen LogP contribution in [0.1, 0.15) is 16.8 Å². The molecule has 0 bridgehead atoms. The molecule has 0 aliphatic rings. The number of fused-ring (bicyclic) bond motifs is 1. The fourth-order valence-electron chi connectivity index (χ4n) is 4.52. The highest BCUT2D eigenvalue weighted by Crippen LogP contribution is 2.19. The molecule has 220 valence electrons. The average Bonchev–Trinajstić information content (AvgIpc) is 3.65. The van der Waals surface area contributed by atoms with Crippen molar-refractivity contribution in [3.05, 3.63) is 90.1 Å². The highest BCUT2D eigenvalue weighted by molar-refractivity contribution is 7.80. The van der Waals surface area contributed by atoms with Gasteiger partial charge in [-0.15, -0.1) is 0 Å². The van der Waals surface area contributed by atoms with Crippen LogP contribution < -0.4 is 21.7 Å². The topological polar surface area (TPSA) is 195 Å². The summed E-state index contributed by atoms with van der Waals surface area (Å²) in [6.45, 7) is 0. The standard InChI is InChI=1S/C29H33N7O5S/c30-21(12-19-14-31-16-33-19)26(37)36-25(15-42)28(39)34-23(11-18-13-32-22-9-5-4-8-20(18)22)27(38)35-24(29(40)41)10-17-6-2-1-3-7-17/h1-9,13-14,16,21,23-25,32,42H,10-12,15,30H2,(H,31,33)(H,34,39)(H,35,38)(H,36,37)(H,40,41). The number of thiol groups is 1. The van der Waals surface area contributed by atoms with Crippen molar-refractivity contribution in [3.63, 3.8) is 0 Å². The van der Waals surface area contributed by atoms with Crippen LogP contribution in [0.5, 0.6) is 0 Å². The molecule has 0 saturated heterocycles. The summed E-state index contributed by atoms with van der Waals surface area (Å²) in [5.41, 5.74) is 8.98. The van der Waals surface area contributed by atoms with Crippen molar-refractivity contribution in [2.45, 2.75) is 43.4 Å². The molecule has 0 saturated carbocycles. The number of carbonyl (C=O) groups excluding carboxylic acids is 3. The van der Waals surface area contributed by atoms with Crippen LogP contribution >= 0.6 is 12.6 Å². The Morgan fingerprint density at radius 3 is 2.19 bits per heavy atom. The van der Waals surface area contributed by atoms with E-state index in [0.29, 0.717) is 5.69 Å². The Morgan fingerprint density at radius 1 is 0.833 bits per heavy atom. The third-order valence-corrected chi connectivity index (χ3v) is 7.14. The smallest absolute Gasteiger partial charge is 0.326 e. The second-order valence-corrected chi connectivity index (χ2v) is 10.2. The molecule has 13 heteroatoms. The van der Waals surface area contributed by atoms with Crippen LogP contribution in [-0.2, 0) is 38.4 Å². The SMILES string of the molecule is NC(Cc1cnc[nH]1)C(=O)NC(CS)C(=O)NC(Cc1c[nH]c2ccccc12)C(=O)NC(Cc1ccccc1)C(=O)O. The number of amides is 3. The molecule has 4 unspecified atom stereocenters. The first kappa shape index (κ1) is 30.3. The van der Waals surface area contributed by atoms with Crippen LogP contribution in [0.2, 0.25) is 0 Å². The maximum absolute atomic E-state index is 13.5. The molecule has 0 fully saturated rings. The number of para-hydroxylation sites is 1. The third-order valence-electron chi connectivity index (χ3n) is 6.78. The molecule has 12 nitrogen and oxygen atoms in total. The van der Waals surface area contributed by atoms with E-state index >= 15 is 0 Å². The molecule has 3 amide bonds. The number of aromatic amines is 2. The van der Waals surface area contributed by atoms with E-state index in [4.69, 9.17) is 5.73 Å². The largest absolute Gasteiger partial charge is 0.480 e. The van der Waals surface area contributed by atoms with Crippen LogP contribution in [-0.4, -0.2) is 73.7 Å². The summed E-state index contributed by atoms with van der Waals surface area (Å²) in [6.07, 6.45) is 5.05. The van der Waals surface area contributed by atoms with Gasteiger partial charge in [-0.2, -0.15) is 12.6 Å². The van der Waals surface area contributed by atoms with Gasteiger partial charge in [-0.3, -0.25) is 14.4 Å². The van der Waals surface area contributed by atoms with Gasteiger partial charge < -0.3 is 36.8 Å². The quantitative estimate of drug-likeness (QED) is 0.0989. The van der Waals surface area contributed by atoms with Gasteiger partial charge in [0.05, 0.1) is 12.4 Å². The predicted molar refractivity (Wildman–Crippen MR) is 160 cm³/mol. The molecule has 0 radical (unpaired) electrons. The first-order chi connectivity index (χ1) is 20.2. The first-order valence-corrected chi connectivity index (χ1v) is 13.9. The number of aliphatic carboxylic acids is 1. The number of imidazole rings is 1. The van der Waals surface area contributed by atoms with Crippen molar-refractivity contribution in [2.24, 2.45) is 5.73 Å². The number of nitrogens with one attached hydrogen (secondary N) is 5. The number of rotatable bonds is 14. The van der Waals surface area contributed by atoms with Gasteiger partial charge in [0, 0.05) is 54.0 Å². The monoisotopic (exact) mass is 591 g/mol. The Morgan fingerprint density at radius 2 is 1.50 bits per heavy atom. The number of benzene rings is 2. The van der Waals surface area contributed by atoms with Crippen molar-refractivity contribution >= 4 is 47.2 Å². The zero-order valence-corrected chi connectivity index (χ0v) is 23.5. The minimum Gasteiger partial charge on any atom is -0.480 e. The lowest BCUT2D eigenvalue weighted by Crippen LogP contribution is -2.58. The summed E-state index contributed by atoms with van der Waals surface area (Å²) in [6, 6.07) is 11.9.